The molecule has 1 heterocycles. The van der Waals surface area contributed by atoms with E-state index in [0.29, 0.717) is 19.3 Å². The van der Waals surface area contributed by atoms with Crippen molar-refractivity contribution in [2.45, 2.75) is 52.4 Å². The summed E-state index contributed by atoms with van der Waals surface area (Å²) in [5.74, 6) is 0.773. The highest BCUT2D eigenvalue weighted by Gasteiger charge is 2.20. The maximum Gasteiger partial charge on any atom is 0.162 e. The van der Waals surface area contributed by atoms with Gasteiger partial charge in [0.1, 0.15) is 6.61 Å². The van der Waals surface area contributed by atoms with Crippen LogP contribution >= 0.6 is 0 Å². The molecule has 0 atom stereocenters. The second-order valence-corrected chi connectivity index (χ2v) is 6.02. The van der Waals surface area contributed by atoms with E-state index in [2.05, 4.69) is 43.1 Å². The van der Waals surface area contributed by atoms with E-state index < -0.39 is 0 Å². The Hall–Kier alpha value is -0.910. The lowest BCUT2D eigenvalue weighted by Gasteiger charge is -2.31. The molecular formula is C14H27N3O2. The summed E-state index contributed by atoms with van der Waals surface area (Å²) in [4.78, 5) is 2.14. The van der Waals surface area contributed by atoms with Crippen LogP contribution in [0.5, 0.6) is 0 Å². The molecule has 0 bridgehead atoms. The molecule has 0 spiro atoms. The first-order chi connectivity index (χ1) is 8.81. The summed E-state index contributed by atoms with van der Waals surface area (Å²) >= 11 is 0. The molecular weight excluding hydrogens is 242 g/mol. The van der Waals surface area contributed by atoms with Gasteiger partial charge in [-0.3, -0.25) is 0 Å². The molecule has 1 rings (SSSR count). The van der Waals surface area contributed by atoms with Gasteiger partial charge in [-0.1, -0.05) is 19.0 Å². The average molecular weight is 269 g/mol. The normalized spacial score (nSPS) is 12.6. The SMILES string of the molecule is CC(C)NCc1cc(COCC(C)(C)N(C)C)on1. The van der Waals surface area contributed by atoms with E-state index in [4.69, 9.17) is 9.26 Å². The second kappa shape index (κ2) is 7.03. The number of rotatable bonds is 8. The van der Waals surface area contributed by atoms with Gasteiger partial charge in [0, 0.05) is 24.2 Å². The van der Waals surface area contributed by atoms with E-state index in [9.17, 15) is 0 Å². The smallest absolute Gasteiger partial charge is 0.162 e. The van der Waals surface area contributed by atoms with Crippen molar-refractivity contribution in [3.63, 3.8) is 0 Å². The highest BCUT2D eigenvalue weighted by atomic mass is 16.5. The van der Waals surface area contributed by atoms with Crippen molar-refractivity contribution in [1.29, 1.82) is 0 Å². The molecule has 1 aromatic rings. The molecule has 0 unspecified atom stereocenters. The third-order valence-corrected chi connectivity index (χ3v) is 3.21. The van der Waals surface area contributed by atoms with Crippen LogP contribution in [0.4, 0.5) is 0 Å². The summed E-state index contributed by atoms with van der Waals surface area (Å²) in [5.41, 5.74) is 0.932. The minimum absolute atomic E-state index is 0.0159. The van der Waals surface area contributed by atoms with Gasteiger partial charge in [0.25, 0.3) is 0 Å². The zero-order chi connectivity index (χ0) is 14.5. The molecule has 5 heteroatoms. The summed E-state index contributed by atoms with van der Waals surface area (Å²) in [5, 5.41) is 7.31. The fraction of sp³-hybridized carbons (Fsp3) is 0.786. The minimum atomic E-state index is 0.0159. The number of hydrogen-bond acceptors (Lipinski definition) is 5. The topological polar surface area (TPSA) is 50.5 Å². The Morgan fingerprint density at radius 1 is 1.42 bits per heavy atom. The summed E-state index contributed by atoms with van der Waals surface area (Å²) < 4.78 is 10.9. The summed E-state index contributed by atoms with van der Waals surface area (Å²) in [7, 11) is 4.10. The third-order valence-electron chi connectivity index (χ3n) is 3.21. The second-order valence-electron chi connectivity index (χ2n) is 6.02. The van der Waals surface area contributed by atoms with Crippen LogP contribution in [0.3, 0.4) is 0 Å². The standard InChI is InChI=1S/C14H27N3O2/c1-11(2)15-8-12-7-13(19-16-12)9-18-10-14(3,4)17(5)6/h7,11,15H,8-10H2,1-6H3. The monoisotopic (exact) mass is 269 g/mol. The fourth-order valence-electron chi connectivity index (χ4n) is 1.35. The van der Waals surface area contributed by atoms with Crippen molar-refractivity contribution in [1.82, 2.24) is 15.4 Å². The number of likely N-dealkylation sites (N-methyl/N-ethyl adjacent to an activating group) is 1. The van der Waals surface area contributed by atoms with Crippen molar-refractivity contribution in [2.75, 3.05) is 20.7 Å². The average Bonchev–Trinajstić information content (AvgIpc) is 2.74. The molecule has 0 saturated heterocycles. The van der Waals surface area contributed by atoms with E-state index in [1.807, 2.05) is 20.2 Å². The Balaban J connectivity index is 2.34. The van der Waals surface area contributed by atoms with E-state index in [1.165, 1.54) is 0 Å². The van der Waals surface area contributed by atoms with Crippen LogP contribution in [0.1, 0.15) is 39.1 Å². The number of hydrogen-bond donors (Lipinski definition) is 1. The number of nitrogens with one attached hydrogen (secondary N) is 1. The van der Waals surface area contributed by atoms with Crippen LogP contribution in [0, 0.1) is 0 Å². The van der Waals surface area contributed by atoms with Crippen LogP contribution in [-0.4, -0.2) is 42.3 Å². The number of aromatic nitrogens is 1. The molecule has 0 aliphatic rings. The first-order valence-corrected chi connectivity index (χ1v) is 6.74. The van der Waals surface area contributed by atoms with Crippen LogP contribution < -0.4 is 5.32 Å². The minimum Gasteiger partial charge on any atom is -0.371 e. The molecule has 0 saturated carbocycles. The van der Waals surface area contributed by atoms with Gasteiger partial charge in [0.2, 0.25) is 0 Å². The van der Waals surface area contributed by atoms with E-state index in [-0.39, 0.29) is 5.54 Å². The summed E-state index contributed by atoms with van der Waals surface area (Å²) in [6, 6.07) is 2.38. The van der Waals surface area contributed by atoms with Gasteiger partial charge in [-0.25, -0.2) is 0 Å². The molecule has 0 aliphatic heterocycles. The Kier molecular flexibility index (Phi) is 5.97. The van der Waals surface area contributed by atoms with Gasteiger partial charge >= 0.3 is 0 Å². The van der Waals surface area contributed by atoms with Crippen molar-refractivity contribution < 1.29 is 9.26 Å². The van der Waals surface area contributed by atoms with Crippen molar-refractivity contribution >= 4 is 0 Å². The van der Waals surface area contributed by atoms with Gasteiger partial charge in [0.05, 0.1) is 12.3 Å². The van der Waals surface area contributed by atoms with E-state index in [1.54, 1.807) is 0 Å². The fourth-order valence-corrected chi connectivity index (χ4v) is 1.35. The molecule has 0 radical (unpaired) electrons. The van der Waals surface area contributed by atoms with Crippen molar-refractivity contribution in [3.05, 3.63) is 17.5 Å². The summed E-state index contributed by atoms with van der Waals surface area (Å²) in [6.07, 6.45) is 0. The van der Waals surface area contributed by atoms with Gasteiger partial charge < -0.3 is 19.5 Å². The number of ether oxygens (including phenoxy) is 1. The van der Waals surface area contributed by atoms with Gasteiger partial charge in [-0.15, -0.1) is 0 Å². The first kappa shape index (κ1) is 16.1. The molecule has 1 N–H and O–H groups in total. The maximum absolute atomic E-state index is 5.69. The van der Waals surface area contributed by atoms with Crippen molar-refractivity contribution in [3.8, 4) is 0 Å². The van der Waals surface area contributed by atoms with E-state index >= 15 is 0 Å². The zero-order valence-electron chi connectivity index (χ0n) is 13.0. The molecule has 0 fully saturated rings. The molecule has 0 aromatic carbocycles. The third kappa shape index (κ3) is 5.72. The Labute approximate surface area is 116 Å². The highest BCUT2D eigenvalue weighted by molar-refractivity contribution is 5.04. The van der Waals surface area contributed by atoms with Gasteiger partial charge in [-0.05, 0) is 27.9 Å². The predicted octanol–water partition coefficient (Wildman–Crippen LogP) is 2.03. The van der Waals surface area contributed by atoms with Crippen LogP contribution in [0.25, 0.3) is 0 Å². The van der Waals surface area contributed by atoms with Crippen LogP contribution in [0.15, 0.2) is 10.6 Å². The first-order valence-electron chi connectivity index (χ1n) is 6.74. The van der Waals surface area contributed by atoms with E-state index in [0.717, 1.165) is 18.0 Å². The van der Waals surface area contributed by atoms with Gasteiger partial charge in [0.15, 0.2) is 5.76 Å². The molecule has 0 amide bonds. The molecule has 0 aliphatic carbocycles. The summed E-state index contributed by atoms with van der Waals surface area (Å²) in [6.45, 7) is 10.3. The highest BCUT2D eigenvalue weighted by Crippen LogP contribution is 2.12. The van der Waals surface area contributed by atoms with Gasteiger partial charge in [-0.2, -0.15) is 0 Å². The quantitative estimate of drug-likeness (QED) is 0.782. The Morgan fingerprint density at radius 2 is 2.11 bits per heavy atom. The predicted molar refractivity (Wildman–Crippen MR) is 75.9 cm³/mol. The Morgan fingerprint density at radius 3 is 2.68 bits per heavy atom. The Bertz CT molecular complexity index is 373. The van der Waals surface area contributed by atoms with Crippen LogP contribution in [0.2, 0.25) is 0 Å². The van der Waals surface area contributed by atoms with Crippen LogP contribution in [-0.2, 0) is 17.9 Å². The maximum atomic E-state index is 5.69. The molecule has 19 heavy (non-hydrogen) atoms. The largest absolute Gasteiger partial charge is 0.371 e. The zero-order valence-corrected chi connectivity index (χ0v) is 13.0. The molecule has 110 valence electrons. The lowest BCUT2D eigenvalue weighted by Crippen LogP contribution is -2.42. The molecule has 1 aromatic heterocycles. The molecule has 5 nitrogen and oxygen atoms in total. The lowest BCUT2D eigenvalue weighted by atomic mass is 10.1. The van der Waals surface area contributed by atoms with Crippen molar-refractivity contribution in [2.24, 2.45) is 0 Å². The number of nitrogens with zero attached hydrogens (tertiary/aromatic N) is 2. The lowest BCUT2D eigenvalue weighted by molar-refractivity contribution is 0.0191.